The Hall–Kier alpha value is -1.06. The molecule has 0 bridgehead atoms. The van der Waals surface area contributed by atoms with Crippen LogP contribution in [-0.4, -0.2) is 18.5 Å². The zero-order valence-corrected chi connectivity index (χ0v) is 13.8. The van der Waals surface area contributed by atoms with Gasteiger partial charge in [0.25, 0.3) is 0 Å². The van der Waals surface area contributed by atoms with Gasteiger partial charge in [0.2, 0.25) is 5.91 Å². The number of carbonyl (C=O) groups excluding carboxylic acids is 1. The molecule has 1 aliphatic carbocycles. The van der Waals surface area contributed by atoms with E-state index in [1.54, 1.807) is 0 Å². The highest BCUT2D eigenvalue weighted by molar-refractivity contribution is 5.85. The molecule has 1 fully saturated rings. The summed E-state index contributed by atoms with van der Waals surface area (Å²) in [5, 5.41) is 2.96. The van der Waals surface area contributed by atoms with Crippen molar-refractivity contribution in [2.75, 3.05) is 6.54 Å². The molecule has 0 spiro atoms. The maximum Gasteiger partial charge on any atom is 0.220 e. The summed E-state index contributed by atoms with van der Waals surface area (Å²) in [5.74, 6) is 0.987. The van der Waals surface area contributed by atoms with Crippen molar-refractivity contribution in [1.82, 2.24) is 5.32 Å². The Labute approximate surface area is 134 Å². The average Bonchev–Trinajstić information content (AvgIpc) is 3.29. The van der Waals surface area contributed by atoms with Crippen molar-refractivity contribution in [2.45, 2.75) is 51.5 Å². The molecule has 2 unspecified atom stereocenters. The Morgan fingerprint density at radius 1 is 1.33 bits per heavy atom. The van der Waals surface area contributed by atoms with Crippen LogP contribution in [0.25, 0.3) is 0 Å². The lowest BCUT2D eigenvalue weighted by atomic mass is 9.96. The fraction of sp³-hybridized carbons (Fsp3) is 0.588. The SMILES string of the molecule is CCc1ccc(C(C)CC(=O)NCC(N)C2CC2)cc1.Cl. The van der Waals surface area contributed by atoms with E-state index < -0.39 is 0 Å². The van der Waals surface area contributed by atoms with Gasteiger partial charge < -0.3 is 11.1 Å². The maximum absolute atomic E-state index is 11.9. The number of hydrogen-bond acceptors (Lipinski definition) is 2. The Bertz CT molecular complexity index is 443. The largest absolute Gasteiger partial charge is 0.355 e. The Kier molecular flexibility index (Phi) is 7.20. The van der Waals surface area contributed by atoms with Crippen LogP contribution >= 0.6 is 12.4 Å². The molecule has 2 atom stereocenters. The van der Waals surface area contributed by atoms with Crippen molar-refractivity contribution < 1.29 is 4.79 Å². The highest BCUT2D eigenvalue weighted by Crippen LogP contribution is 2.31. The molecule has 4 heteroatoms. The molecule has 0 radical (unpaired) electrons. The Morgan fingerprint density at radius 3 is 2.48 bits per heavy atom. The normalized spacial score (nSPS) is 16.7. The number of carbonyl (C=O) groups is 1. The molecule has 21 heavy (non-hydrogen) atoms. The van der Waals surface area contributed by atoms with E-state index in [0.29, 0.717) is 18.9 Å². The predicted octanol–water partition coefficient (Wildman–Crippen LogP) is 3.02. The van der Waals surface area contributed by atoms with E-state index in [1.165, 1.54) is 24.0 Å². The molecular weight excluding hydrogens is 284 g/mol. The first kappa shape index (κ1) is 18.0. The van der Waals surface area contributed by atoms with Crippen LogP contribution in [-0.2, 0) is 11.2 Å². The number of nitrogens with two attached hydrogens (primary N) is 1. The number of hydrogen-bond donors (Lipinski definition) is 2. The lowest BCUT2D eigenvalue weighted by Crippen LogP contribution is -2.38. The molecule has 1 aliphatic rings. The Balaban J connectivity index is 0.00000220. The van der Waals surface area contributed by atoms with Crippen molar-refractivity contribution in [3.8, 4) is 0 Å². The molecule has 0 aromatic heterocycles. The number of nitrogens with one attached hydrogen (secondary N) is 1. The summed E-state index contributed by atoms with van der Waals surface area (Å²) >= 11 is 0. The molecule has 1 aromatic carbocycles. The summed E-state index contributed by atoms with van der Waals surface area (Å²) in [6.45, 7) is 4.86. The summed E-state index contributed by atoms with van der Waals surface area (Å²) in [6.07, 6.45) is 4.02. The van der Waals surface area contributed by atoms with Crippen LogP contribution in [0.1, 0.15) is 50.2 Å². The standard InChI is InChI=1S/C17H26N2O.ClH/c1-3-13-4-6-14(7-5-13)12(2)10-17(20)19-11-16(18)15-8-9-15;/h4-7,12,15-16H,3,8-11,18H2,1-2H3,(H,19,20);1H. The predicted molar refractivity (Wildman–Crippen MR) is 89.8 cm³/mol. The minimum absolute atomic E-state index is 0. The van der Waals surface area contributed by atoms with Crippen LogP contribution in [0.2, 0.25) is 0 Å². The second-order valence-corrected chi connectivity index (χ2v) is 6.01. The maximum atomic E-state index is 11.9. The van der Waals surface area contributed by atoms with E-state index in [1.807, 2.05) is 0 Å². The van der Waals surface area contributed by atoms with Crippen molar-refractivity contribution >= 4 is 18.3 Å². The second-order valence-electron chi connectivity index (χ2n) is 6.01. The minimum atomic E-state index is 0. The monoisotopic (exact) mass is 310 g/mol. The molecule has 1 saturated carbocycles. The topological polar surface area (TPSA) is 55.1 Å². The Morgan fingerprint density at radius 2 is 1.95 bits per heavy atom. The second kappa shape index (κ2) is 8.40. The van der Waals surface area contributed by atoms with E-state index in [2.05, 4.69) is 43.4 Å². The molecule has 0 aliphatic heterocycles. The van der Waals surface area contributed by atoms with Crippen LogP contribution in [0.4, 0.5) is 0 Å². The zero-order valence-electron chi connectivity index (χ0n) is 13.0. The fourth-order valence-corrected chi connectivity index (χ4v) is 2.47. The fourth-order valence-electron chi connectivity index (χ4n) is 2.47. The van der Waals surface area contributed by atoms with Crippen molar-refractivity contribution in [3.05, 3.63) is 35.4 Å². The summed E-state index contributed by atoms with van der Waals surface area (Å²) < 4.78 is 0. The van der Waals surface area contributed by atoms with Gasteiger partial charge in [-0.05, 0) is 42.2 Å². The summed E-state index contributed by atoms with van der Waals surface area (Å²) in [6, 6.07) is 8.69. The lowest BCUT2D eigenvalue weighted by molar-refractivity contribution is -0.121. The number of aryl methyl sites for hydroxylation is 1. The summed E-state index contributed by atoms with van der Waals surface area (Å²) in [7, 11) is 0. The number of rotatable bonds is 7. The van der Waals surface area contributed by atoms with E-state index in [4.69, 9.17) is 5.73 Å². The van der Waals surface area contributed by atoms with E-state index in [9.17, 15) is 4.79 Å². The van der Waals surface area contributed by atoms with Gasteiger partial charge in [0, 0.05) is 19.0 Å². The molecule has 0 heterocycles. The van der Waals surface area contributed by atoms with Crippen LogP contribution in [0.15, 0.2) is 24.3 Å². The van der Waals surface area contributed by atoms with Gasteiger partial charge in [-0.25, -0.2) is 0 Å². The molecule has 3 nitrogen and oxygen atoms in total. The van der Waals surface area contributed by atoms with Crippen molar-refractivity contribution in [1.29, 1.82) is 0 Å². The van der Waals surface area contributed by atoms with Crippen molar-refractivity contribution in [2.24, 2.45) is 11.7 Å². The van der Waals surface area contributed by atoms with E-state index >= 15 is 0 Å². The molecule has 1 amide bonds. The first-order valence-electron chi connectivity index (χ1n) is 7.71. The van der Waals surface area contributed by atoms with Crippen LogP contribution in [0.5, 0.6) is 0 Å². The summed E-state index contributed by atoms with van der Waals surface area (Å²) in [4.78, 5) is 11.9. The van der Waals surface area contributed by atoms with E-state index in [-0.39, 0.29) is 30.3 Å². The number of benzene rings is 1. The van der Waals surface area contributed by atoms with Gasteiger partial charge in [-0.15, -0.1) is 12.4 Å². The molecule has 3 N–H and O–H groups in total. The average molecular weight is 311 g/mol. The van der Waals surface area contributed by atoms with Gasteiger partial charge in [-0.3, -0.25) is 4.79 Å². The molecule has 0 saturated heterocycles. The smallest absolute Gasteiger partial charge is 0.220 e. The van der Waals surface area contributed by atoms with Crippen molar-refractivity contribution in [3.63, 3.8) is 0 Å². The number of halogens is 1. The van der Waals surface area contributed by atoms with Gasteiger partial charge >= 0.3 is 0 Å². The van der Waals surface area contributed by atoms with E-state index in [0.717, 1.165) is 6.42 Å². The summed E-state index contributed by atoms with van der Waals surface area (Å²) in [5.41, 5.74) is 8.55. The highest BCUT2D eigenvalue weighted by Gasteiger charge is 2.28. The number of amides is 1. The third kappa shape index (κ3) is 5.68. The van der Waals surface area contributed by atoms with Crippen LogP contribution in [0, 0.1) is 5.92 Å². The first-order valence-corrected chi connectivity index (χ1v) is 7.71. The third-order valence-electron chi connectivity index (χ3n) is 4.21. The molecule has 1 aromatic rings. The molecular formula is C17H27ClN2O. The van der Waals surface area contributed by atoms with Crippen LogP contribution in [0.3, 0.4) is 0 Å². The third-order valence-corrected chi connectivity index (χ3v) is 4.21. The van der Waals surface area contributed by atoms with Crippen LogP contribution < -0.4 is 11.1 Å². The van der Waals surface area contributed by atoms with Gasteiger partial charge in [0.15, 0.2) is 0 Å². The molecule has 118 valence electrons. The lowest BCUT2D eigenvalue weighted by Gasteiger charge is -2.15. The first-order chi connectivity index (χ1) is 9.60. The van der Waals surface area contributed by atoms with Gasteiger partial charge in [0.05, 0.1) is 0 Å². The van der Waals surface area contributed by atoms with Gasteiger partial charge in [0.1, 0.15) is 0 Å². The zero-order chi connectivity index (χ0) is 14.5. The van der Waals surface area contributed by atoms with Gasteiger partial charge in [-0.1, -0.05) is 38.1 Å². The minimum Gasteiger partial charge on any atom is -0.355 e. The highest BCUT2D eigenvalue weighted by atomic mass is 35.5. The van der Waals surface area contributed by atoms with Gasteiger partial charge in [-0.2, -0.15) is 0 Å². The molecule has 2 rings (SSSR count). The quantitative estimate of drug-likeness (QED) is 0.813.